The molecule has 1 heterocycles. The van der Waals surface area contributed by atoms with Crippen LogP contribution in [0.25, 0.3) is 0 Å². The molecule has 0 spiro atoms. The summed E-state index contributed by atoms with van der Waals surface area (Å²) in [4.78, 5) is 15.5. The first-order chi connectivity index (χ1) is 7.24. The second kappa shape index (κ2) is 6.53. The van der Waals surface area contributed by atoms with Gasteiger partial charge in [0.2, 0.25) is 0 Å². The van der Waals surface area contributed by atoms with Gasteiger partial charge in [-0.2, -0.15) is 0 Å². The van der Waals surface area contributed by atoms with E-state index in [2.05, 4.69) is 26.2 Å². The van der Waals surface area contributed by atoms with Crippen molar-refractivity contribution in [2.75, 3.05) is 20.3 Å². The van der Waals surface area contributed by atoms with Gasteiger partial charge in [-0.25, -0.2) is 4.98 Å². The highest BCUT2D eigenvalue weighted by molar-refractivity contribution is 9.10. The summed E-state index contributed by atoms with van der Waals surface area (Å²) in [7, 11) is 1.64. The van der Waals surface area contributed by atoms with Crippen LogP contribution in [-0.2, 0) is 4.74 Å². The molecule has 0 saturated carbocycles. The van der Waals surface area contributed by atoms with Gasteiger partial charge in [0.05, 0.1) is 0 Å². The van der Waals surface area contributed by atoms with E-state index in [1.54, 1.807) is 25.4 Å². The zero-order valence-electron chi connectivity index (χ0n) is 8.50. The normalized spacial score (nSPS) is 10.0. The molecule has 0 unspecified atom stereocenters. The van der Waals surface area contributed by atoms with Crippen molar-refractivity contribution in [3.05, 3.63) is 28.5 Å². The number of carbonyl (C=O) groups excluding carboxylic acids is 1. The Kier molecular flexibility index (Phi) is 5.28. The van der Waals surface area contributed by atoms with E-state index < -0.39 is 0 Å². The van der Waals surface area contributed by atoms with E-state index in [0.29, 0.717) is 18.8 Å². The first-order valence-electron chi connectivity index (χ1n) is 4.62. The van der Waals surface area contributed by atoms with Crippen LogP contribution < -0.4 is 5.32 Å². The molecule has 0 aliphatic heterocycles. The lowest BCUT2D eigenvalue weighted by molar-refractivity contribution is 0.0943. The average molecular weight is 273 g/mol. The van der Waals surface area contributed by atoms with Crippen molar-refractivity contribution in [1.82, 2.24) is 10.3 Å². The predicted octanol–water partition coefficient (Wildman–Crippen LogP) is 1.61. The highest BCUT2D eigenvalue weighted by Gasteiger charge is 2.05. The Morgan fingerprint density at radius 3 is 3.00 bits per heavy atom. The molecule has 0 bridgehead atoms. The van der Waals surface area contributed by atoms with Crippen molar-refractivity contribution in [1.29, 1.82) is 0 Å². The Morgan fingerprint density at radius 2 is 2.40 bits per heavy atom. The summed E-state index contributed by atoms with van der Waals surface area (Å²) in [5.41, 5.74) is 0.426. The van der Waals surface area contributed by atoms with Crippen LogP contribution in [0.5, 0.6) is 0 Å². The number of hydrogen-bond acceptors (Lipinski definition) is 3. The summed E-state index contributed by atoms with van der Waals surface area (Å²) in [5, 5.41) is 2.76. The van der Waals surface area contributed by atoms with Crippen molar-refractivity contribution in [3.63, 3.8) is 0 Å². The lowest BCUT2D eigenvalue weighted by Gasteiger charge is -2.03. The van der Waals surface area contributed by atoms with Gasteiger partial charge in [0, 0.05) is 30.9 Å². The topological polar surface area (TPSA) is 51.2 Å². The smallest absolute Gasteiger partial charge is 0.269 e. The van der Waals surface area contributed by atoms with Gasteiger partial charge in [0.15, 0.2) is 0 Å². The molecular formula is C10H13BrN2O2. The summed E-state index contributed by atoms with van der Waals surface area (Å²) in [5.74, 6) is -0.154. The zero-order valence-corrected chi connectivity index (χ0v) is 10.1. The first kappa shape index (κ1) is 12.1. The second-order valence-electron chi connectivity index (χ2n) is 2.96. The second-order valence-corrected chi connectivity index (χ2v) is 3.88. The van der Waals surface area contributed by atoms with Crippen LogP contribution >= 0.6 is 15.9 Å². The summed E-state index contributed by atoms with van der Waals surface area (Å²) >= 11 is 3.26. The zero-order chi connectivity index (χ0) is 11.1. The number of hydrogen-bond donors (Lipinski definition) is 1. The fourth-order valence-electron chi connectivity index (χ4n) is 1.02. The van der Waals surface area contributed by atoms with Gasteiger partial charge in [-0.1, -0.05) is 0 Å². The third kappa shape index (κ3) is 4.40. The lowest BCUT2D eigenvalue weighted by atomic mass is 10.3. The molecule has 0 radical (unpaired) electrons. The number of aromatic nitrogens is 1. The van der Waals surface area contributed by atoms with Crippen LogP contribution in [0.2, 0.25) is 0 Å². The van der Waals surface area contributed by atoms with Crippen LogP contribution in [0.15, 0.2) is 22.8 Å². The minimum absolute atomic E-state index is 0.154. The van der Waals surface area contributed by atoms with Gasteiger partial charge in [0.1, 0.15) is 5.69 Å². The summed E-state index contributed by atoms with van der Waals surface area (Å²) in [6.45, 7) is 1.25. The maximum Gasteiger partial charge on any atom is 0.269 e. The number of halogens is 1. The molecule has 1 rings (SSSR count). The standard InChI is InChI=1S/C10H13BrN2O2/c1-15-6-2-5-12-10(14)9-4-3-8(11)7-13-9/h3-4,7H,2,5-6H2,1H3,(H,12,14). The average Bonchev–Trinajstić information content (AvgIpc) is 2.25. The minimum Gasteiger partial charge on any atom is -0.385 e. The molecule has 0 aliphatic rings. The monoisotopic (exact) mass is 272 g/mol. The van der Waals surface area contributed by atoms with Crippen molar-refractivity contribution < 1.29 is 9.53 Å². The number of nitrogens with one attached hydrogen (secondary N) is 1. The number of pyridine rings is 1. The molecule has 0 fully saturated rings. The largest absolute Gasteiger partial charge is 0.385 e. The summed E-state index contributed by atoms with van der Waals surface area (Å²) in [6.07, 6.45) is 2.41. The minimum atomic E-state index is -0.154. The van der Waals surface area contributed by atoms with Crippen LogP contribution in [0, 0.1) is 0 Å². The van der Waals surface area contributed by atoms with Gasteiger partial charge in [0.25, 0.3) is 5.91 Å². The number of nitrogens with zero attached hydrogens (tertiary/aromatic N) is 1. The molecule has 5 heteroatoms. The quantitative estimate of drug-likeness (QED) is 0.829. The number of amides is 1. The third-order valence-corrected chi connectivity index (χ3v) is 2.24. The molecule has 0 aromatic carbocycles. The van der Waals surface area contributed by atoms with Gasteiger partial charge in [-0.15, -0.1) is 0 Å². The predicted molar refractivity (Wildman–Crippen MR) is 60.8 cm³/mol. The molecule has 0 atom stereocenters. The molecule has 1 aromatic heterocycles. The molecule has 1 amide bonds. The molecule has 1 aromatic rings. The van der Waals surface area contributed by atoms with Crippen molar-refractivity contribution in [3.8, 4) is 0 Å². The van der Waals surface area contributed by atoms with Gasteiger partial charge < -0.3 is 10.1 Å². The van der Waals surface area contributed by atoms with E-state index in [-0.39, 0.29) is 5.91 Å². The van der Waals surface area contributed by atoms with Crippen molar-refractivity contribution in [2.24, 2.45) is 0 Å². The van der Waals surface area contributed by atoms with E-state index >= 15 is 0 Å². The fraction of sp³-hybridized carbons (Fsp3) is 0.400. The number of ether oxygens (including phenoxy) is 1. The van der Waals surface area contributed by atoms with E-state index in [0.717, 1.165) is 10.9 Å². The Bertz CT molecular complexity index is 314. The Morgan fingerprint density at radius 1 is 1.60 bits per heavy atom. The summed E-state index contributed by atoms with van der Waals surface area (Å²) in [6, 6.07) is 3.47. The molecule has 15 heavy (non-hydrogen) atoms. The van der Waals surface area contributed by atoms with Crippen molar-refractivity contribution >= 4 is 21.8 Å². The SMILES string of the molecule is COCCCNC(=O)c1ccc(Br)cn1. The van der Waals surface area contributed by atoms with Crippen molar-refractivity contribution in [2.45, 2.75) is 6.42 Å². The Balaban J connectivity index is 2.37. The van der Waals surface area contributed by atoms with Crippen LogP contribution in [0.3, 0.4) is 0 Å². The maximum absolute atomic E-state index is 11.5. The molecule has 82 valence electrons. The molecular weight excluding hydrogens is 260 g/mol. The Labute approximate surface area is 97.2 Å². The maximum atomic E-state index is 11.5. The summed E-state index contributed by atoms with van der Waals surface area (Å²) < 4.78 is 5.73. The van der Waals surface area contributed by atoms with E-state index in [9.17, 15) is 4.79 Å². The molecule has 0 saturated heterocycles. The molecule has 0 aliphatic carbocycles. The highest BCUT2D eigenvalue weighted by atomic mass is 79.9. The first-order valence-corrected chi connectivity index (χ1v) is 5.42. The van der Waals surface area contributed by atoms with E-state index in [1.807, 2.05) is 0 Å². The van der Waals surface area contributed by atoms with E-state index in [4.69, 9.17) is 4.74 Å². The Hall–Kier alpha value is -0.940. The molecule has 4 nitrogen and oxygen atoms in total. The van der Waals surface area contributed by atoms with E-state index in [1.165, 1.54) is 0 Å². The van der Waals surface area contributed by atoms with Gasteiger partial charge in [-0.05, 0) is 34.5 Å². The lowest BCUT2D eigenvalue weighted by Crippen LogP contribution is -2.25. The highest BCUT2D eigenvalue weighted by Crippen LogP contribution is 2.07. The van der Waals surface area contributed by atoms with Gasteiger partial charge >= 0.3 is 0 Å². The number of methoxy groups -OCH3 is 1. The van der Waals surface area contributed by atoms with Crippen LogP contribution in [0.4, 0.5) is 0 Å². The third-order valence-electron chi connectivity index (χ3n) is 1.77. The number of rotatable bonds is 5. The van der Waals surface area contributed by atoms with Crippen LogP contribution in [-0.4, -0.2) is 31.2 Å². The number of carbonyl (C=O) groups is 1. The van der Waals surface area contributed by atoms with Gasteiger partial charge in [-0.3, -0.25) is 4.79 Å². The van der Waals surface area contributed by atoms with Crippen LogP contribution in [0.1, 0.15) is 16.9 Å². The fourth-order valence-corrected chi connectivity index (χ4v) is 1.25. The molecule has 1 N–H and O–H groups in total.